The maximum atomic E-state index is 12.3. The average Bonchev–Trinajstić information content (AvgIpc) is 3.07. The number of benzene rings is 2. The van der Waals surface area contributed by atoms with Gasteiger partial charge in [-0.1, -0.05) is 6.07 Å². The third-order valence-electron chi connectivity index (χ3n) is 4.22. The summed E-state index contributed by atoms with van der Waals surface area (Å²) in [4.78, 5) is 16.7. The second-order valence-corrected chi connectivity index (χ2v) is 5.92. The number of fused-ring (bicyclic) bond motifs is 1. The van der Waals surface area contributed by atoms with Crippen molar-refractivity contribution in [1.29, 1.82) is 0 Å². The van der Waals surface area contributed by atoms with E-state index in [4.69, 9.17) is 18.9 Å². The molecule has 0 aromatic heterocycles. The van der Waals surface area contributed by atoms with E-state index in [0.29, 0.717) is 47.7 Å². The Morgan fingerprint density at radius 3 is 2.56 bits per heavy atom. The Labute approximate surface area is 156 Å². The van der Waals surface area contributed by atoms with Gasteiger partial charge in [0, 0.05) is 5.56 Å². The lowest BCUT2D eigenvalue weighted by atomic mass is 10.1. The van der Waals surface area contributed by atoms with Gasteiger partial charge in [0.2, 0.25) is 0 Å². The van der Waals surface area contributed by atoms with E-state index >= 15 is 0 Å². The van der Waals surface area contributed by atoms with Crippen molar-refractivity contribution in [3.63, 3.8) is 0 Å². The Morgan fingerprint density at radius 2 is 1.78 bits per heavy atom. The molecule has 2 aliphatic rings. The number of hydrogen-bond acceptors (Lipinski definition) is 6. The van der Waals surface area contributed by atoms with Crippen molar-refractivity contribution >= 4 is 17.8 Å². The standard InChI is InChI=1S/C20H18N2O5/c1-24-15-6-4-13(11-17(15)25-2)19-21-14(20(23)22-19)9-12-3-5-16-18(10-12)27-8-7-26-16/h3-6,9-11H,7-8H2,1-2H3,(H,21,22,23)/b14-9+. The van der Waals surface area contributed by atoms with Crippen molar-refractivity contribution < 1.29 is 23.7 Å². The summed E-state index contributed by atoms with van der Waals surface area (Å²) in [6.45, 7) is 1.05. The summed E-state index contributed by atoms with van der Waals surface area (Å²) in [6, 6.07) is 10.9. The molecule has 2 aromatic carbocycles. The van der Waals surface area contributed by atoms with E-state index in [9.17, 15) is 4.79 Å². The Hall–Kier alpha value is -3.48. The smallest absolute Gasteiger partial charge is 0.275 e. The Bertz CT molecular complexity index is 965. The van der Waals surface area contributed by atoms with Gasteiger partial charge in [0.1, 0.15) is 24.7 Å². The normalized spacial score (nSPS) is 16.7. The zero-order chi connectivity index (χ0) is 18.8. The van der Waals surface area contributed by atoms with E-state index in [1.807, 2.05) is 24.3 Å². The van der Waals surface area contributed by atoms with Crippen molar-refractivity contribution in [3.05, 3.63) is 53.2 Å². The topological polar surface area (TPSA) is 78.4 Å². The maximum Gasteiger partial charge on any atom is 0.275 e. The first-order chi connectivity index (χ1) is 13.2. The van der Waals surface area contributed by atoms with Crippen molar-refractivity contribution in [2.75, 3.05) is 27.4 Å². The predicted octanol–water partition coefficient (Wildman–Crippen LogP) is 2.39. The zero-order valence-corrected chi connectivity index (χ0v) is 14.9. The van der Waals surface area contributed by atoms with Crippen LogP contribution in [0.3, 0.4) is 0 Å². The number of methoxy groups -OCH3 is 2. The van der Waals surface area contributed by atoms with Crippen LogP contribution < -0.4 is 24.3 Å². The molecular formula is C20H18N2O5. The predicted molar refractivity (Wildman–Crippen MR) is 99.6 cm³/mol. The number of amidine groups is 1. The van der Waals surface area contributed by atoms with E-state index in [2.05, 4.69) is 10.3 Å². The summed E-state index contributed by atoms with van der Waals surface area (Å²) >= 11 is 0. The van der Waals surface area contributed by atoms with Gasteiger partial charge >= 0.3 is 0 Å². The van der Waals surface area contributed by atoms with Crippen LogP contribution in [0.25, 0.3) is 6.08 Å². The summed E-state index contributed by atoms with van der Waals surface area (Å²) in [7, 11) is 3.13. The highest BCUT2D eigenvalue weighted by Gasteiger charge is 2.22. The molecule has 2 heterocycles. The highest BCUT2D eigenvalue weighted by Crippen LogP contribution is 2.32. The highest BCUT2D eigenvalue weighted by molar-refractivity contribution is 6.19. The van der Waals surface area contributed by atoms with E-state index in [0.717, 1.165) is 11.1 Å². The molecule has 0 saturated carbocycles. The van der Waals surface area contributed by atoms with Gasteiger partial charge in [-0.3, -0.25) is 4.79 Å². The maximum absolute atomic E-state index is 12.3. The van der Waals surface area contributed by atoms with E-state index in [1.165, 1.54) is 0 Å². The van der Waals surface area contributed by atoms with Crippen LogP contribution in [0.1, 0.15) is 11.1 Å². The molecule has 0 atom stereocenters. The molecule has 7 heteroatoms. The average molecular weight is 366 g/mol. The Balaban J connectivity index is 1.64. The number of nitrogens with zero attached hydrogens (tertiary/aromatic N) is 1. The molecule has 0 radical (unpaired) electrons. The molecule has 2 aromatic rings. The molecule has 0 saturated heterocycles. The molecule has 1 amide bonds. The fourth-order valence-electron chi connectivity index (χ4n) is 2.90. The highest BCUT2D eigenvalue weighted by atomic mass is 16.6. The van der Waals surface area contributed by atoms with Crippen LogP contribution >= 0.6 is 0 Å². The lowest BCUT2D eigenvalue weighted by molar-refractivity contribution is -0.115. The van der Waals surface area contributed by atoms with Crippen LogP contribution in [-0.4, -0.2) is 39.2 Å². The zero-order valence-electron chi connectivity index (χ0n) is 14.9. The number of rotatable bonds is 4. The molecule has 27 heavy (non-hydrogen) atoms. The van der Waals surface area contributed by atoms with Crippen LogP contribution in [0.4, 0.5) is 0 Å². The number of carbonyl (C=O) groups excluding carboxylic acids is 1. The van der Waals surface area contributed by atoms with Crippen LogP contribution in [-0.2, 0) is 4.79 Å². The Morgan fingerprint density at radius 1 is 1.00 bits per heavy atom. The number of aliphatic imine (C=N–C) groups is 1. The third kappa shape index (κ3) is 3.31. The summed E-state index contributed by atoms with van der Waals surface area (Å²) in [5.74, 6) is 2.74. The van der Waals surface area contributed by atoms with Crippen LogP contribution in [0.2, 0.25) is 0 Å². The van der Waals surface area contributed by atoms with Crippen molar-refractivity contribution in [2.45, 2.75) is 0 Å². The molecule has 0 spiro atoms. The van der Waals surface area contributed by atoms with E-state index in [1.54, 1.807) is 32.4 Å². The number of carbonyl (C=O) groups is 1. The fourth-order valence-corrected chi connectivity index (χ4v) is 2.90. The quantitative estimate of drug-likeness (QED) is 0.841. The molecule has 4 rings (SSSR count). The van der Waals surface area contributed by atoms with Gasteiger partial charge in [-0.2, -0.15) is 0 Å². The van der Waals surface area contributed by atoms with Crippen molar-refractivity contribution in [3.8, 4) is 23.0 Å². The second-order valence-electron chi connectivity index (χ2n) is 5.92. The van der Waals surface area contributed by atoms with Crippen LogP contribution in [0.15, 0.2) is 47.1 Å². The van der Waals surface area contributed by atoms with E-state index in [-0.39, 0.29) is 5.91 Å². The van der Waals surface area contributed by atoms with Crippen LogP contribution in [0.5, 0.6) is 23.0 Å². The second kappa shape index (κ2) is 7.03. The van der Waals surface area contributed by atoms with Gasteiger partial charge in [-0.15, -0.1) is 0 Å². The minimum absolute atomic E-state index is 0.269. The molecular weight excluding hydrogens is 348 g/mol. The first-order valence-electron chi connectivity index (χ1n) is 8.42. The molecule has 0 unspecified atom stereocenters. The molecule has 138 valence electrons. The first-order valence-corrected chi connectivity index (χ1v) is 8.42. The molecule has 2 aliphatic heterocycles. The third-order valence-corrected chi connectivity index (χ3v) is 4.22. The van der Waals surface area contributed by atoms with Crippen molar-refractivity contribution in [1.82, 2.24) is 5.32 Å². The van der Waals surface area contributed by atoms with Gasteiger partial charge in [0.15, 0.2) is 23.0 Å². The first kappa shape index (κ1) is 17.0. The van der Waals surface area contributed by atoms with E-state index < -0.39 is 0 Å². The number of amides is 1. The van der Waals surface area contributed by atoms with Gasteiger partial charge < -0.3 is 24.3 Å². The molecule has 7 nitrogen and oxygen atoms in total. The summed E-state index contributed by atoms with van der Waals surface area (Å²) in [5, 5.41) is 2.78. The fraction of sp³-hybridized carbons (Fsp3) is 0.200. The van der Waals surface area contributed by atoms with Gasteiger partial charge in [-0.05, 0) is 42.0 Å². The summed E-state index contributed by atoms with van der Waals surface area (Å²) < 4.78 is 21.6. The summed E-state index contributed by atoms with van der Waals surface area (Å²) in [5.41, 5.74) is 1.85. The number of ether oxygens (including phenoxy) is 4. The minimum atomic E-state index is -0.269. The SMILES string of the molecule is COc1ccc(C2=N/C(=C/c3ccc4c(c3)OCCO4)C(=O)N2)cc1OC. The lowest BCUT2D eigenvalue weighted by Gasteiger charge is -2.18. The summed E-state index contributed by atoms with van der Waals surface area (Å²) in [6.07, 6.45) is 1.71. The van der Waals surface area contributed by atoms with Gasteiger partial charge in [0.05, 0.1) is 14.2 Å². The number of hydrogen-bond donors (Lipinski definition) is 1. The van der Waals surface area contributed by atoms with Crippen LogP contribution in [0, 0.1) is 0 Å². The Kier molecular flexibility index (Phi) is 4.42. The van der Waals surface area contributed by atoms with Gasteiger partial charge in [0.25, 0.3) is 5.91 Å². The lowest BCUT2D eigenvalue weighted by Crippen LogP contribution is -2.24. The molecule has 1 N–H and O–H groups in total. The molecule has 0 bridgehead atoms. The van der Waals surface area contributed by atoms with Gasteiger partial charge in [-0.25, -0.2) is 4.99 Å². The molecule has 0 fully saturated rings. The van der Waals surface area contributed by atoms with Crippen molar-refractivity contribution in [2.24, 2.45) is 4.99 Å². The largest absolute Gasteiger partial charge is 0.493 e. The monoisotopic (exact) mass is 366 g/mol. The minimum Gasteiger partial charge on any atom is -0.493 e. The number of nitrogens with one attached hydrogen (secondary N) is 1. The molecule has 0 aliphatic carbocycles.